The van der Waals surface area contributed by atoms with Gasteiger partial charge in [-0.25, -0.2) is 8.42 Å². The van der Waals surface area contributed by atoms with Crippen molar-refractivity contribution in [3.63, 3.8) is 0 Å². The van der Waals surface area contributed by atoms with Crippen LogP contribution < -0.4 is 4.74 Å². The van der Waals surface area contributed by atoms with Crippen molar-refractivity contribution < 1.29 is 23.4 Å². The zero-order chi connectivity index (χ0) is 14.8. The Morgan fingerprint density at radius 2 is 2.16 bits per heavy atom. The molecule has 0 saturated carbocycles. The summed E-state index contributed by atoms with van der Waals surface area (Å²) in [5.41, 5.74) is 0. The smallest absolute Gasteiger partial charge is 0.243 e. The maximum Gasteiger partial charge on any atom is 0.243 e. The van der Waals surface area contributed by atoms with E-state index in [0.717, 1.165) is 0 Å². The summed E-state index contributed by atoms with van der Waals surface area (Å²) in [5, 5.41) is 13.8. The zero-order valence-electron chi connectivity index (χ0n) is 11.5. The Hall–Kier alpha value is -1.15. The van der Waals surface area contributed by atoms with Crippen molar-refractivity contribution in [1.82, 2.24) is 4.31 Å². The summed E-state index contributed by atoms with van der Waals surface area (Å²) in [6.07, 6.45) is -0.199. The number of ether oxygens (including phenoxy) is 1. The Kier molecular flexibility index (Phi) is 3.69. The van der Waals surface area contributed by atoms with Gasteiger partial charge >= 0.3 is 0 Å². The highest BCUT2D eigenvalue weighted by atomic mass is 32.2. The Labute approximate surface area is 113 Å². The first kappa shape index (κ1) is 12.9. The van der Waals surface area contributed by atoms with Crippen LogP contribution in [0.2, 0.25) is 0 Å². The van der Waals surface area contributed by atoms with Gasteiger partial charge in [0.15, 0.2) is 0 Å². The minimum Gasteiger partial charge on any atom is -0.497 e. The minimum absolute atomic E-state index is 0.0725. The molecule has 7 heteroatoms. The molecule has 1 aliphatic heterocycles. The molecule has 0 bridgehead atoms. The van der Waals surface area contributed by atoms with Gasteiger partial charge in [-0.1, -0.05) is 0 Å². The normalized spacial score (nSPS) is 25.3. The van der Waals surface area contributed by atoms with Gasteiger partial charge in [0.2, 0.25) is 11.5 Å². The van der Waals surface area contributed by atoms with Crippen molar-refractivity contribution in [2.24, 2.45) is 0 Å². The van der Waals surface area contributed by atoms with Crippen molar-refractivity contribution in [2.75, 3.05) is 20.3 Å². The lowest BCUT2D eigenvalue weighted by molar-refractivity contribution is 0.184. The summed E-state index contributed by atoms with van der Waals surface area (Å²) in [5.74, 6) is 0.566. The predicted molar refractivity (Wildman–Crippen MR) is 68.4 cm³/mol. The summed E-state index contributed by atoms with van der Waals surface area (Å²) in [7, 11) is -2.21. The van der Waals surface area contributed by atoms with Crippen LogP contribution in [-0.2, 0) is 10.0 Å². The van der Waals surface area contributed by atoms with E-state index in [1.165, 1.54) is 23.5 Å². The van der Waals surface area contributed by atoms with E-state index in [-0.39, 0.29) is 18.0 Å². The van der Waals surface area contributed by atoms with Gasteiger partial charge in [-0.2, -0.15) is 4.31 Å². The fourth-order valence-corrected chi connectivity index (χ4v) is 3.85. The average Bonchev–Trinajstić information content (AvgIpc) is 2.91. The van der Waals surface area contributed by atoms with Crippen molar-refractivity contribution in [3.05, 3.63) is 24.3 Å². The number of aliphatic hydroxyl groups is 2. The number of hydrogen-bond acceptors (Lipinski definition) is 5. The molecule has 1 fully saturated rings. The third kappa shape index (κ3) is 2.74. The first-order valence-corrected chi connectivity index (χ1v) is 7.35. The summed E-state index contributed by atoms with van der Waals surface area (Å²) in [6, 6.07) is 5.48. The van der Waals surface area contributed by atoms with E-state index in [4.69, 9.17) is 6.17 Å². The molecule has 19 heavy (non-hydrogen) atoms. The van der Waals surface area contributed by atoms with Crippen LogP contribution in [0.5, 0.6) is 5.75 Å². The largest absolute Gasteiger partial charge is 0.497 e. The second-order valence-electron chi connectivity index (χ2n) is 4.44. The summed E-state index contributed by atoms with van der Waals surface area (Å²) >= 11 is 0. The molecule has 0 amide bonds. The number of nitrogens with zero attached hydrogens (tertiary/aromatic N) is 1. The number of sulfonamides is 1. The fourth-order valence-electron chi connectivity index (χ4n) is 2.19. The predicted octanol–water partition coefficient (Wildman–Crippen LogP) is -0.189. The molecule has 106 valence electrons. The second-order valence-corrected chi connectivity index (χ2v) is 6.33. The maximum absolute atomic E-state index is 12.5. The Morgan fingerprint density at radius 3 is 2.68 bits per heavy atom. The van der Waals surface area contributed by atoms with E-state index in [1.54, 1.807) is 12.1 Å². The lowest BCUT2D eigenvalue weighted by Crippen LogP contribution is -2.37. The number of methoxy groups -OCH3 is 1. The maximum atomic E-state index is 12.5. The molecule has 6 nitrogen and oxygen atoms in total. The van der Waals surface area contributed by atoms with Gasteiger partial charge in [0.05, 0.1) is 30.8 Å². The van der Waals surface area contributed by atoms with Crippen molar-refractivity contribution in [2.45, 2.75) is 23.5 Å². The molecular weight excluding hydrogens is 270 g/mol. The molecular formula is C12H17NO5S. The third-order valence-corrected chi connectivity index (χ3v) is 5.14. The van der Waals surface area contributed by atoms with Crippen molar-refractivity contribution in [3.8, 4) is 5.75 Å². The monoisotopic (exact) mass is 288 g/mol. The quantitative estimate of drug-likeness (QED) is 0.784. The molecule has 1 aromatic rings. The first-order valence-electron chi connectivity index (χ1n) is 6.32. The minimum atomic E-state index is -3.71. The molecule has 2 atom stereocenters. The van der Waals surface area contributed by atoms with E-state index >= 15 is 0 Å². The number of benzene rings is 1. The van der Waals surface area contributed by atoms with Gasteiger partial charge in [0.25, 0.3) is 0 Å². The Balaban J connectivity index is 2.28. The Morgan fingerprint density at radius 1 is 1.47 bits per heavy atom. The number of hydrogen-bond donors (Lipinski definition) is 2. The van der Waals surface area contributed by atoms with Gasteiger partial charge in [-0.05, 0) is 30.7 Å². The van der Waals surface area contributed by atoms with Gasteiger partial charge in [-0.3, -0.25) is 0 Å². The van der Waals surface area contributed by atoms with Crippen LogP contribution in [0.15, 0.2) is 29.2 Å². The number of rotatable bonds is 5. The summed E-state index contributed by atoms with van der Waals surface area (Å²) in [6.45, 7) is -0.224. The first-order chi connectivity index (χ1) is 9.52. The SMILES string of the molecule is [2H]O[C@H]1C[C@@H](CO)N(S(=O)(=O)c2ccc(OC)cc2)C1. The topological polar surface area (TPSA) is 87.1 Å². The highest BCUT2D eigenvalue weighted by Crippen LogP contribution is 2.27. The molecule has 0 aliphatic carbocycles. The molecule has 1 heterocycles. The number of β-amino-alcohol motifs (C(OH)–C–C–N with tert-alkyl or cyclic N) is 1. The van der Waals surface area contributed by atoms with Gasteiger partial charge in [0, 0.05) is 6.54 Å². The molecule has 2 rings (SSSR count). The van der Waals surface area contributed by atoms with E-state index < -0.39 is 22.2 Å². The second kappa shape index (κ2) is 5.46. The lowest BCUT2D eigenvalue weighted by atomic mass is 10.2. The average molecular weight is 288 g/mol. The molecule has 1 saturated heterocycles. The fraction of sp³-hybridized carbons (Fsp3) is 0.500. The molecule has 0 aromatic heterocycles. The van der Waals surface area contributed by atoms with Crippen LogP contribution in [-0.4, -0.2) is 56.8 Å². The third-order valence-electron chi connectivity index (χ3n) is 3.20. The van der Waals surface area contributed by atoms with Gasteiger partial charge < -0.3 is 15.0 Å². The highest BCUT2D eigenvalue weighted by Gasteiger charge is 2.39. The van der Waals surface area contributed by atoms with Gasteiger partial charge in [-0.15, -0.1) is 0 Å². The molecule has 1 aliphatic rings. The van der Waals surface area contributed by atoms with E-state index in [1.807, 2.05) is 0 Å². The highest BCUT2D eigenvalue weighted by molar-refractivity contribution is 7.89. The van der Waals surface area contributed by atoms with E-state index in [9.17, 15) is 13.5 Å². The number of aliphatic hydroxyl groups excluding tert-OH is 2. The Bertz CT molecular complexity index is 547. The van der Waals surface area contributed by atoms with Crippen LogP contribution in [0.3, 0.4) is 0 Å². The van der Waals surface area contributed by atoms with E-state index in [0.29, 0.717) is 12.2 Å². The van der Waals surface area contributed by atoms with Crippen LogP contribution in [0.25, 0.3) is 0 Å². The molecule has 2 N–H and O–H groups in total. The van der Waals surface area contributed by atoms with Gasteiger partial charge in [0.1, 0.15) is 5.75 Å². The molecule has 0 radical (unpaired) electrons. The van der Waals surface area contributed by atoms with Crippen LogP contribution >= 0.6 is 0 Å². The molecule has 1 aromatic carbocycles. The van der Waals surface area contributed by atoms with Crippen LogP contribution in [0.1, 0.15) is 6.42 Å². The molecule has 0 spiro atoms. The zero-order valence-corrected chi connectivity index (χ0v) is 11.3. The van der Waals surface area contributed by atoms with Crippen LogP contribution in [0, 0.1) is 0 Å². The summed E-state index contributed by atoms with van der Waals surface area (Å²) in [4.78, 5) is 0.127. The summed E-state index contributed by atoms with van der Waals surface area (Å²) < 4.78 is 38.1. The standard InChI is InChI=1S/C12H17NO5S/c1-18-11-2-4-12(5-3-11)19(16,17)13-7-10(15)6-9(13)8-14/h2-5,9-10,14-15H,6-8H2,1H3/t9-,10-/m0/s1/i15D. The molecule has 0 unspecified atom stereocenters. The lowest BCUT2D eigenvalue weighted by Gasteiger charge is -2.22. The van der Waals surface area contributed by atoms with Crippen molar-refractivity contribution in [1.29, 1.82) is 1.43 Å². The van der Waals surface area contributed by atoms with E-state index in [2.05, 4.69) is 5.11 Å². The van der Waals surface area contributed by atoms with Crippen molar-refractivity contribution >= 4 is 10.0 Å². The van der Waals surface area contributed by atoms with Crippen LogP contribution in [0.4, 0.5) is 0 Å².